The standard InChI is InChI=1S/C9H8N4S/c1-6-4-7-8(11-3-2-10)12-5-13-9(7)14-6/h4-5H,3H2,1H3,(H,11,12,13). The molecule has 0 saturated carbocycles. The first-order valence-electron chi connectivity index (χ1n) is 4.13. The van der Waals surface area contributed by atoms with Gasteiger partial charge in [0, 0.05) is 4.88 Å². The van der Waals surface area contributed by atoms with Crippen molar-refractivity contribution < 1.29 is 0 Å². The lowest BCUT2D eigenvalue weighted by molar-refractivity contribution is 1.19. The van der Waals surface area contributed by atoms with E-state index in [1.165, 1.54) is 11.2 Å². The molecule has 2 rings (SSSR count). The number of nitrogens with zero attached hydrogens (tertiary/aromatic N) is 3. The average Bonchev–Trinajstić information content (AvgIpc) is 2.55. The lowest BCUT2D eigenvalue weighted by atomic mass is 10.3. The van der Waals surface area contributed by atoms with Gasteiger partial charge in [0.2, 0.25) is 0 Å². The van der Waals surface area contributed by atoms with E-state index in [-0.39, 0.29) is 6.54 Å². The summed E-state index contributed by atoms with van der Waals surface area (Å²) in [7, 11) is 0. The summed E-state index contributed by atoms with van der Waals surface area (Å²) in [5.41, 5.74) is 0. The Labute approximate surface area is 85.2 Å². The Morgan fingerprint density at radius 1 is 1.57 bits per heavy atom. The van der Waals surface area contributed by atoms with Gasteiger partial charge in [-0.1, -0.05) is 0 Å². The van der Waals surface area contributed by atoms with E-state index in [0.717, 1.165) is 16.0 Å². The SMILES string of the molecule is Cc1cc2c(NCC#N)ncnc2s1. The quantitative estimate of drug-likeness (QED) is 0.759. The van der Waals surface area contributed by atoms with Crippen LogP contribution < -0.4 is 5.32 Å². The number of nitrogens with one attached hydrogen (secondary N) is 1. The van der Waals surface area contributed by atoms with Crippen molar-refractivity contribution in [3.8, 4) is 6.07 Å². The second kappa shape index (κ2) is 3.60. The minimum Gasteiger partial charge on any atom is -0.356 e. The molecule has 2 heterocycles. The van der Waals surface area contributed by atoms with Crippen LogP contribution in [0.4, 0.5) is 5.82 Å². The molecule has 0 atom stereocenters. The van der Waals surface area contributed by atoms with Gasteiger partial charge < -0.3 is 5.32 Å². The fraction of sp³-hybridized carbons (Fsp3) is 0.222. The summed E-state index contributed by atoms with van der Waals surface area (Å²) in [5.74, 6) is 0.737. The summed E-state index contributed by atoms with van der Waals surface area (Å²) in [6.07, 6.45) is 1.51. The third kappa shape index (κ3) is 1.52. The second-order valence-electron chi connectivity index (χ2n) is 2.81. The smallest absolute Gasteiger partial charge is 0.139 e. The van der Waals surface area contributed by atoms with E-state index in [1.54, 1.807) is 11.3 Å². The van der Waals surface area contributed by atoms with Crippen LogP contribution in [-0.4, -0.2) is 16.5 Å². The molecule has 0 unspecified atom stereocenters. The van der Waals surface area contributed by atoms with Crippen molar-refractivity contribution in [2.24, 2.45) is 0 Å². The molecular formula is C9H8N4S. The highest BCUT2D eigenvalue weighted by Gasteiger charge is 2.05. The lowest BCUT2D eigenvalue weighted by Gasteiger charge is -2.00. The predicted octanol–water partition coefficient (Wildman–Crippen LogP) is 1.94. The number of aryl methyl sites for hydroxylation is 1. The van der Waals surface area contributed by atoms with E-state index in [2.05, 4.69) is 15.3 Å². The summed E-state index contributed by atoms with van der Waals surface area (Å²) in [6, 6.07) is 4.05. The van der Waals surface area contributed by atoms with Crippen LogP contribution in [-0.2, 0) is 0 Å². The first-order chi connectivity index (χ1) is 6.81. The molecular weight excluding hydrogens is 196 g/mol. The number of thiophene rings is 1. The maximum Gasteiger partial charge on any atom is 0.139 e. The Hall–Kier alpha value is -1.67. The molecule has 1 N–H and O–H groups in total. The first-order valence-corrected chi connectivity index (χ1v) is 4.95. The lowest BCUT2D eigenvalue weighted by Crippen LogP contribution is -2.00. The zero-order valence-electron chi connectivity index (χ0n) is 7.61. The van der Waals surface area contributed by atoms with Gasteiger partial charge in [-0.05, 0) is 13.0 Å². The minimum absolute atomic E-state index is 0.265. The van der Waals surface area contributed by atoms with Crippen LogP contribution in [0.15, 0.2) is 12.4 Å². The van der Waals surface area contributed by atoms with E-state index in [1.807, 2.05) is 19.1 Å². The molecule has 0 aliphatic carbocycles. The third-order valence-corrected chi connectivity index (χ3v) is 2.75. The number of hydrogen-bond acceptors (Lipinski definition) is 5. The topological polar surface area (TPSA) is 61.6 Å². The highest BCUT2D eigenvalue weighted by atomic mass is 32.1. The van der Waals surface area contributed by atoms with Crippen molar-refractivity contribution in [1.82, 2.24) is 9.97 Å². The summed E-state index contributed by atoms with van der Waals surface area (Å²) in [4.78, 5) is 10.4. The molecule has 2 aromatic rings. The largest absolute Gasteiger partial charge is 0.356 e. The first kappa shape index (κ1) is 8.91. The van der Waals surface area contributed by atoms with Crippen molar-refractivity contribution in [2.75, 3.05) is 11.9 Å². The van der Waals surface area contributed by atoms with Gasteiger partial charge in [-0.2, -0.15) is 5.26 Å². The Balaban J connectivity index is 2.48. The molecule has 2 aromatic heterocycles. The zero-order chi connectivity index (χ0) is 9.97. The molecule has 70 valence electrons. The molecule has 0 aliphatic rings. The van der Waals surface area contributed by atoms with Crippen LogP contribution in [0.2, 0.25) is 0 Å². The highest BCUT2D eigenvalue weighted by Crippen LogP contribution is 2.26. The Morgan fingerprint density at radius 2 is 2.43 bits per heavy atom. The van der Waals surface area contributed by atoms with Crippen LogP contribution in [0.1, 0.15) is 4.88 Å². The molecule has 0 bridgehead atoms. The molecule has 0 fully saturated rings. The maximum absolute atomic E-state index is 8.45. The molecule has 0 amide bonds. The van der Waals surface area contributed by atoms with Gasteiger partial charge >= 0.3 is 0 Å². The number of anilines is 1. The molecule has 0 saturated heterocycles. The van der Waals surface area contributed by atoms with E-state index >= 15 is 0 Å². The van der Waals surface area contributed by atoms with Crippen molar-refractivity contribution in [2.45, 2.75) is 6.92 Å². The van der Waals surface area contributed by atoms with E-state index in [4.69, 9.17) is 5.26 Å². The molecule has 4 nitrogen and oxygen atoms in total. The summed E-state index contributed by atoms with van der Waals surface area (Å²) in [6.45, 7) is 2.29. The normalized spacial score (nSPS) is 10.0. The predicted molar refractivity (Wildman–Crippen MR) is 56.3 cm³/mol. The second-order valence-corrected chi connectivity index (χ2v) is 4.04. The van der Waals surface area contributed by atoms with Crippen LogP contribution in [0, 0.1) is 18.3 Å². The maximum atomic E-state index is 8.45. The van der Waals surface area contributed by atoms with Crippen molar-refractivity contribution >= 4 is 27.4 Å². The average molecular weight is 204 g/mol. The fourth-order valence-corrected chi connectivity index (χ4v) is 2.09. The van der Waals surface area contributed by atoms with E-state index < -0.39 is 0 Å². The van der Waals surface area contributed by atoms with Crippen LogP contribution in [0.25, 0.3) is 10.2 Å². The molecule has 5 heteroatoms. The van der Waals surface area contributed by atoms with Gasteiger partial charge in [-0.15, -0.1) is 11.3 Å². The van der Waals surface area contributed by atoms with Crippen LogP contribution >= 0.6 is 11.3 Å². The van der Waals surface area contributed by atoms with Crippen LogP contribution in [0.3, 0.4) is 0 Å². The third-order valence-electron chi connectivity index (χ3n) is 1.79. The Bertz CT molecular complexity index is 497. The fourth-order valence-electron chi connectivity index (χ4n) is 1.24. The van der Waals surface area contributed by atoms with Crippen LogP contribution in [0.5, 0.6) is 0 Å². The van der Waals surface area contributed by atoms with Crippen molar-refractivity contribution in [3.05, 3.63) is 17.3 Å². The van der Waals surface area contributed by atoms with E-state index in [0.29, 0.717) is 0 Å². The molecule has 0 aromatic carbocycles. The van der Waals surface area contributed by atoms with Gasteiger partial charge in [-0.25, -0.2) is 9.97 Å². The number of hydrogen-bond donors (Lipinski definition) is 1. The van der Waals surface area contributed by atoms with Gasteiger partial charge in [0.25, 0.3) is 0 Å². The minimum atomic E-state index is 0.265. The molecule has 0 aliphatic heterocycles. The Kier molecular flexibility index (Phi) is 2.29. The molecule has 0 spiro atoms. The Morgan fingerprint density at radius 3 is 3.21 bits per heavy atom. The number of nitriles is 1. The van der Waals surface area contributed by atoms with Crippen molar-refractivity contribution in [1.29, 1.82) is 5.26 Å². The zero-order valence-corrected chi connectivity index (χ0v) is 8.43. The summed E-state index contributed by atoms with van der Waals surface area (Å²) >= 11 is 1.63. The summed E-state index contributed by atoms with van der Waals surface area (Å²) in [5, 5.41) is 12.4. The van der Waals surface area contributed by atoms with Gasteiger partial charge in [0.15, 0.2) is 0 Å². The highest BCUT2D eigenvalue weighted by molar-refractivity contribution is 7.18. The number of aromatic nitrogens is 2. The van der Waals surface area contributed by atoms with Gasteiger partial charge in [0.1, 0.15) is 23.5 Å². The van der Waals surface area contributed by atoms with Crippen molar-refractivity contribution in [3.63, 3.8) is 0 Å². The van der Waals surface area contributed by atoms with Gasteiger partial charge in [0.05, 0.1) is 11.5 Å². The molecule has 0 radical (unpaired) electrons. The monoisotopic (exact) mass is 204 g/mol. The van der Waals surface area contributed by atoms with Gasteiger partial charge in [-0.3, -0.25) is 0 Å². The summed E-state index contributed by atoms with van der Waals surface area (Å²) < 4.78 is 0. The van der Waals surface area contributed by atoms with E-state index in [9.17, 15) is 0 Å². The number of rotatable bonds is 2. The number of fused-ring (bicyclic) bond motifs is 1. The molecule has 14 heavy (non-hydrogen) atoms.